The predicted molar refractivity (Wildman–Crippen MR) is 145 cm³/mol. The standard InChI is InChI=1S/C29H42N4O6/c1-15-7-8-21-27(2,3)22(35)9-10-28(21,4)29(15)13-17-20(34)12-16-18(23(17)39-29)14-33(24(16)36)19(25(37)38)6-5-11-32-26(30)31/h12,15,19,21-22,34-35H,5-11,13-14H2,1-4H3,(H,37,38)(H4,30,31,32)/t15-,19+,21-,22-,28+,29+/m1/s1. The summed E-state index contributed by atoms with van der Waals surface area (Å²) >= 11 is 0. The smallest absolute Gasteiger partial charge is 0.326 e. The minimum atomic E-state index is -1.10. The molecule has 4 aliphatic rings. The Labute approximate surface area is 229 Å². The van der Waals surface area contributed by atoms with Gasteiger partial charge in [0.1, 0.15) is 23.1 Å². The van der Waals surface area contributed by atoms with E-state index in [9.17, 15) is 24.9 Å². The number of aliphatic carboxylic acids is 1. The molecule has 5 rings (SSSR count). The molecular weight excluding hydrogens is 500 g/mol. The van der Waals surface area contributed by atoms with Gasteiger partial charge in [0.05, 0.1) is 18.2 Å². The zero-order valence-electron chi connectivity index (χ0n) is 23.4. The number of benzene rings is 1. The first-order valence-corrected chi connectivity index (χ1v) is 14.1. The van der Waals surface area contributed by atoms with Crippen LogP contribution in [0.2, 0.25) is 0 Å². The normalized spacial score (nSPS) is 33.2. The van der Waals surface area contributed by atoms with Gasteiger partial charge in [-0.2, -0.15) is 0 Å². The molecule has 214 valence electrons. The number of nitrogens with zero attached hydrogens (tertiary/aromatic N) is 2. The molecule has 1 aromatic rings. The van der Waals surface area contributed by atoms with E-state index in [-0.39, 0.29) is 60.0 Å². The van der Waals surface area contributed by atoms with E-state index in [2.05, 4.69) is 32.7 Å². The van der Waals surface area contributed by atoms with Crippen LogP contribution in [-0.4, -0.2) is 62.3 Å². The lowest BCUT2D eigenvalue weighted by molar-refractivity contribution is -0.210. The number of aliphatic hydroxyl groups is 1. The predicted octanol–water partition coefficient (Wildman–Crippen LogP) is 2.76. The van der Waals surface area contributed by atoms with E-state index in [0.717, 1.165) is 19.3 Å². The Morgan fingerprint density at radius 3 is 2.62 bits per heavy atom. The number of nitrogens with two attached hydrogens (primary N) is 2. The Hall–Kier alpha value is -3.01. The number of aliphatic hydroxyl groups excluding tert-OH is 1. The molecular formula is C29H42N4O6. The quantitative estimate of drug-likeness (QED) is 0.207. The molecule has 1 spiro atoms. The fourth-order valence-electron chi connectivity index (χ4n) is 8.45. The first kappa shape index (κ1) is 27.6. The van der Waals surface area contributed by atoms with Crippen LogP contribution >= 0.6 is 0 Å². The number of aliphatic imine (C=N–C) groups is 1. The molecule has 1 aromatic carbocycles. The van der Waals surface area contributed by atoms with Crippen molar-refractivity contribution in [1.29, 1.82) is 0 Å². The largest absolute Gasteiger partial charge is 0.508 e. The number of aromatic hydroxyl groups is 1. The van der Waals surface area contributed by atoms with E-state index < -0.39 is 23.5 Å². The van der Waals surface area contributed by atoms with Crippen molar-refractivity contribution in [1.82, 2.24) is 4.90 Å². The lowest BCUT2D eigenvalue weighted by Crippen LogP contribution is -2.66. The summed E-state index contributed by atoms with van der Waals surface area (Å²) < 4.78 is 7.02. The summed E-state index contributed by atoms with van der Waals surface area (Å²) in [6, 6.07) is 0.433. The van der Waals surface area contributed by atoms with Crippen molar-refractivity contribution in [2.24, 2.45) is 39.1 Å². The average Bonchev–Trinajstić information content (AvgIpc) is 3.41. The van der Waals surface area contributed by atoms with Gasteiger partial charge in [0.2, 0.25) is 0 Å². The molecule has 10 heteroatoms. The summed E-state index contributed by atoms with van der Waals surface area (Å²) in [6.07, 6.45) is 4.17. The highest BCUT2D eigenvalue weighted by atomic mass is 16.5. The highest BCUT2D eigenvalue weighted by molar-refractivity contribution is 6.02. The number of fused-ring (bicyclic) bond motifs is 5. The lowest BCUT2D eigenvalue weighted by Gasteiger charge is -2.64. The van der Waals surface area contributed by atoms with Crippen LogP contribution < -0.4 is 16.2 Å². The average molecular weight is 543 g/mol. The highest BCUT2D eigenvalue weighted by Gasteiger charge is 2.67. The van der Waals surface area contributed by atoms with Gasteiger partial charge < -0.3 is 36.4 Å². The molecule has 2 saturated carbocycles. The fourth-order valence-corrected chi connectivity index (χ4v) is 8.45. The summed E-state index contributed by atoms with van der Waals surface area (Å²) in [5, 5.41) is 32.0. The number of carboxylic acids is 1. The molecule has 2 heterocycles. The van der Waals surface area contributed by atoms with Crippen LogP contribution in [0.1, 0.15) is 87.7 Å². The number of rotatable bonds is 6. The van der Waals surface area contributed by atoms with Crippen molar-refractivity contribution in [3.8, 4) is 11.5 Å². The first-order valence-electron chi connectivity index (χ1n) is 14.1. The molecule has 0 unspecified atom stereocenters. The van der Waals surface area contributed by atoms with Crippen molar-refractivity contribution in [2.45, 2.75) is 96.9 Å². The Morgan fingerprint density at radius 2 is 1.95 bits per heavy atom. The van der Waals surface area contributed by atoms with Gasteiger partial charge in [0.15, 0.2) is 5.96 Å². The molecule has 0 aromatic heterocycles. The molecule has 0 radical (unpaired) electrons. The molecule has 10 nitrogen and oxygen atoms in total. The minimum absolute atomic E-state index is 0.0171. The van der Waals surface area contributed by atoms with Gasteiger partial charge in [-0.1, -0.05) is 27.7 Å². The van der Waals surface area contributed by atoms with Crippen LogP contribution in [0, 0.1) is 22.7 Å². The molecule has 7 N–H and O–H groups in total. The number of carboxylic acid groups (broad SMARTS) is 1. The molecule has 1 amide bonds. The van der Waals surface area contributed by atoms with E-state index in [4.69, 9.17) is 16.2 Å². The molecule has 6 atom stereocenters. The number of hydrogen-bond acceptors (Lipinski definition) is 6. The van der Waals surface area contributed by atoms with Crippen LogP contribution in [0.25, 0.3) is 0 Å². The maximum absolute atomic E-state index is 13.5. The second kappa shape index (κ2) is 9.28. The van der Waals surface area contributed by atoms with E-state index in [1.165, 1.54) is 11.0 Å². The SMILES string of the molecule is C[C@@H]1CC[C@@H]2C(C)(C)[C@H](O)CC[C@]2(C)[C@]12Cc1c(O)cc3c(c1O2)CN([C@@H](CCCN=C(N)N)C(=O)O)C3=O. The summed E-state index contributed by atoms with van der Waals surface area (Å²) in [6.45, 7) is 9.15. The Morgan fingerprint density at radius 1 is 1.23 bits per heavy atom. The van der Waals surface area contributed by atoms with Gasteiger partial charge in [-0.3, -0.25) is 9.79 Å². The maximum atomic E-state index is 13.5. The Bertz CT molecular complexity index is 1230. The highest BCUT2D eigenvalue weighted by Crippen LogP contribution is 2.67. The summed E-state index contributed by atoms with van der Waals surface area (Å²) in [5.41, 5.74) is 11.3. The van der Waals surface area contributed by atoms with Crippen LogP contribution in [0.15, 0.2) is 11.1 Å². The van der Waals surface area contributed by atoms with Crippen molar-refractivity contribution in [2.75, 3.05) is 6.54 Å². The van der Waals surface area contributed by atoms with E-state index in [1.807, 2.05) is 0 Å². The van der Waals surface area contributed by atoms with Crippen LogP contribution in [0.3, 0.4) is 0 Å². The third kappa shape index (κ3) is 3.97. The second-order valence-corrected chi connectivity index (χ2v) is 13.0. The van der Waals surface area contributed by atoms with Gasteiger partial charge in [-0.25, -0.2) is 4.79 Å². The van der Waals surface area contributed by atoms with Crippen molar-refractivity contribution < 1.29 is 29.6 Å². The fraction of sp³-hybridized carbons (Fsp3) is 0.690. The molecule has 2 fully saturated rings. The molecule has 0 bridgehead atoms. The van der Waals surface area contributed by atoms with Gasteiger partial charge >= 0.3 is 5.97 Å². The zero-order chi connectivity index (χ0) is 28.5. The second-order valence-electron chi connectivity index (χ2n) is 13.0. The van der Waals surface area contributed by atoms with Gasteiger partial charge in [-0.05, 0) is 61.8 Å². The number of ether oxygens (including phenoxy) is 1. The number of amides is 1. The molecule has 0 saturated heterocycles. The molecule has 2 aliphatic heterocycles. The van der Waals surface area contributed by atoms with Crippen molar-refractivity contribution in [3.63, 3.8) is 0 Å². The van der Waals surface area contributed by atoms with Gasteiger partial charge in [0.25, 0.3) is 5.91 Å². The lowest BCUT2D eigenvalue weighted by atomic mass is 9.43. The third-order valence-electron chi connectivity index (χ3n) is 10.7. The third-order valence-corrected chi connectivity index (χ3v) is 10.7. The maximum Gasteiger partial charge on any atom is 0.326 e. The molecule has 2 aliphatic carbocycles. The number of carbonyl (C=O) groups excluding carboxylic acids is 1. The Balaban J connectivity index is 1.49. The van der Waals surface area contributed by atoms with Gasteiger partial charge in [-0.15, -0.1) is 0 Å². The van der Waals surface area contributed by atoms with Crippen LogP contribution in [0.5, 0.6) is 11.5 Å². The Kier molecular flexibility index (Phi) is 6.56. The molecule has 39 heavy (non-hydrogen) atoms. The van der Waals surface area contributed by atoms with E-state index >= 15 is 0 Å². The zero-order valence-corrected chi connectivity index (χ0v) is 23.4. The summed E-state index contributed by atoms with van der Waals surface area (Å²) in [5.74, 6) is -0.612. The van der Waals surface area contributed by atoms with Crippen LogP contribution in [0.4, 0.5) is 0 Å². The van der Waals surface area contributed by atoms with Crippen molar-refractivity contribution >= 4 is 17.8 Å². The monoisotopic (exact) mass is 542 g/mol. The number of phenolic OH excluding ortho intramolecular Hbond substituents is 1. The van der Waals surface area contributed by atoms with Gasteiger partial charge in [0, 0.05) is 29.5 Å². The summed E-state index contributed by atoms with van der Waals surface area (Å²) in [4.78, 5) is 31.0. The number of hydrogen-bond donors (Lipinski definition) is 5. The first-order chi connectivity index (χ1) is 18.2. The minimum Gasteiger partial charge on any atom is -0.508 e. The van der Waals surface area contributed by atoms with E-state index in [1.54, 1.807) is 0 Å². The number of carbonyl (C=O) groups is 2. The summed E-state index contributed by atoms with van der Waals surface area (Å²) in [7, 11) is 0. The number of guanidine groups is 1. The van der Waals surface area contributed by atoms with E-state index in [0.29, 0.717) is 41.7 Å². The van der Waals surface area contributed by atoms with Crippen molar-refractivity contribution in [3.05, 3.63) is 22.8 Å². The van der Waals surface area contributed by atoms with Crippen LogP contribution in [-0.2, 0) is 17.8 Å². The topological polar surface area (TPSA) is 172 Å². The number of phenols is 1.